The van der Waals surface area contributed by atoms with Gasteiger partial charge in [-0.2, -0.15) is 0 Å². The van der Waals surface area contributed by atoms with Crippen LogP contribution in [0, 0.1) is 5.82 Å². The summed E-state index contributed by atoms with van der Waals surface area (Å²) in [6.45, 7) is 1.75. The largest absolute Gasteiger partial charge is 0.481 e. The average Bonchev–Trinajstić information content (AvgIpc) is 2.31. The highest BCUT2D eigenvalue weighted by molar-refractivity contribution is 9.10. The molecule has 0 spiro atoms. The smallest absolute Gasteiger partial charge is 0.304 e. The molecule has 92 valence electrons. The summed E-state index contributed by atoms with van der Waals surface area (Å²) >= 11 is 3.42. The van der Waals surface area contributed by atoms with E-state index in [0.717, 1.165) is 23.0 Å². The van der Waals surface area contributed by atoms with Crippen LogP contribution in [-0.2, 0) is 17.8 Å². The number of hydrogen-bond donors (Lipinski definition) is 1. The van der Waals surface area contributed by atoms with Gasteiger partial charge in [-0.05, 0) is 24.1 Å². The number of aliphatic carboxylic acids is 1. The zero-order chi connectivity index (χ0) is 12.4. The summed E-state index contributed by atoms with van der Waals surface area (Å²) in [7, 11) is 0. The quantitative estimate of drug-likeness (QED) is 0.932. The van der Waals surface area contributed by atoms with Crippen molar-refractivity contribution in [3.05, 3.63) is 33.5 Å². The summed E-state index contributed by atoms with van der Waals surface area (Å²) in [4.78, 5) is 12.5. The van der Waals surface area contributed by atoms with Crippen LogP contribution in [0.15, 0.2) is 16.6 Å². The minimum absolute atomic E-state index is 0.102. The fraction of sp³-hybridized carbons (Fsp3) is 0.417. The lowest BCUT2D eigenvalue weighted by Crippen LogP contribution is -2.33. The van der Waals surface area contributed by atoms with Gasteiger partial charge in [-0.1, -0.05) is 15.9 Å². The van der Waals surface area contributed by atoms with E-state index in [1.807, 2.05) is 4.90 Å². The number of nitrogens with zero attached hydrogens (tertiary/aromatic N) is 1. The van der Waals surface area contributed by atoms with Crippen LogP contribution in [0.25, 0.3) is 0 Å². The van der Waals surface area contributed by atoms with Crippen molar-refractivity contribution in [2.75, 3.05) is 13.1 Å². The predicted octanol–water partition coefficient (Wildman–Crippen LogP) is 2.42. The van der Waals surface area contributed by atoms with Crippen molar-refractivity contribution < 1.29 is 14.3 Å². The maximum atomic E-state index is 13.7. The predicted molar refractivity (Wildman–Crippen MR) is 65.3 cm³/mol. The second-order valence-corrected chi connectivity index (χ2v) is 5.01. The average molecular weight is 302 g/mol. The Balaban J connectivity index is 2.13. The molecule has 1 aliphatic rings. The second kappa shape index (κ2) is 5.14. The van der Waals surface area contributed by atoms with Crippen LogP contribution in [0.2, 0.25) is 0 Å². The molecule has 5 heteroatoms. The highest BCUT2D eigenvalue weighted by atomic mass is 79.9. The first-order chi connectivity index (χ1) is 8.08. The molecule has 0 fully saturated rings. The van der Waals surface area contributed by atoms with Crippen molar-refractivity contribution in [2.45, 2.75) is 19.4 Å². The maximum absolute atomic E-state index is 13.7. The van der Waals surface area contributed by atoms with Gasteiger partial charge < -0.3 is 5.11 Å². The normalized spacial score (nSPS) is 15.6. The topological polar surface area (TPSA) is 40.5 Å². The Hall–Kier alpha value is -0.940. The molecule has 2 rings (SSSR count). The first-order valence-corrected chi connectivity index (χ1v) is 6.27. The molecular formula is C12H13BrFNO2. The van der Waals surface area contributed by atoms with Crippen molar-refractivity contribution in [1.29, 1.82) is 0 Å². The van der Waals surface area contributed by atoms with Crippen LogP contribution >= 0.6 is 15.9 Å². The van der Waals surface area contributed by atoms with Crippen LogP contribution in [0.1, 0.15) is 17.5 Å². The third kappa shape index (κ3) is 2.84. The summed E-state index contributed by atoms with van der Waals surface area (Å²) in [5, 5.41) is 8.63. The van der Waals surface area contributed by atoms with Crippen molar-refractivity contribution in [1.82, 2.24) is 4.90 Å². The molecule has 0 saturated heterocycles. The standard InChI is InChI=1S/C12H13BrFNO2/c13-10-1-2-11(14)9-7-15(5-3-8(9)10)6-4-12(16)17/h1-2H,3-7H2,(H,16,17). The van der Waals surface area contributed by atoms with Crippen molar-refractivity contribution >= 4 is 21.9 Å². The van der Waals surface area contributed by atoms with Crippen molar-refractivity contribution in [2.24, 2.45) is 0 Å². The Bertz CT molecular complexity index is 450. The Morgan fingerprint density at radius 3 is 2.94 bits per heavy atom. The molecule has 3 nitrogen and oxygen atoms in total. The van der Waals surface area contributed by atoms with Gasteiger partial charge >= 0.3 is 5.97 Å². The number of carboxylic acid groups (broad SMARTS) is 1. The molecule has 1 aromatic rings. The van der Waals surface area contributed by atoms with Gasteiger partial charge in [0.2, 0.25) is 0 Å². The van der Waals surface area contributed by atoms with E-state index < -0.39 is 5.97 Å². The van der Waals surface area contributed by atoms with E-state index in [4.69, 9.17) is 5.11 Å². The van der Waals surface area contributed by atoms with E-state index in [-0.39, 0.29) is 12.2 Å². The molecule has 1 aromatic carbocycles. The van der Waals surface area contributed by atoms with Crippen LogP contribution in [-0.4, -0.2) is 29.1 Å². The highest BCUT2D eigenvalue weighted by Gasteiger charge is 2.21. The third-order valence-electron chi connectivity index (χ3n) is 3.02. The molecule has 0 atom stereocenters. The summed E-state index contributed by atoms with van der Waals surface area (Å²) in [6.07, 6.45) is 0.859. The molecule has 1 N–H and O–H groups in total. The lowest BCUT2D eigenvalue weighted by atomic mass is 9.99. The Labute approximate surface area is 107 Å². The Morgan fingerprint density at radius 2 is 2.24 bits per heavy atom. The fourth-order valence-corrected chi connectivity index (χ4v) is 2.66. The summed E-state index contributed by atoms with van der Waals surface area (Å²) in [5.41, 5.74) is 1.70. The first kappa shape index (κ1) is 12.5. The van der Waals surface area contributed by atoms with E-state index >= 15 is 0 Å². The zero-order valence-electron chi connectivity index (χ0n) is 9.25. The van der Waals surface area contributed by atoms with E-state index in [1.54, 1.807) is 6.07 Å². The van der Waals surface area contributed by atoms with Gasteiger partial charge in [-0.3, -0.25) is 9.69 Å². The van der Waals surface area contributed by atoms with Gasteiger partial charge in [0, 0.05) is 29.7 Å². The number of carbonyl (C=O) groups is 1. The number of hydrogen-bond acceptors (Lipinski definition) is 2. The van der Waals surface area contributed by atoms with Crippen LogP contribution in [0.3, 0.4) is 0 Å². The number of carboxylic acids is 1. The number of halogens is 2. The fourth-order valence-electron chi connectivity index (χ4n) is 2.09. The van der Waals surface area contributed by atoms with Gasteiger partial charge in [0.1, 0.15) is 5.82 Å². The van der Waals surface area contributed by atoms with Gasteiger partial charge in [0.15, 0.2) is 0 Å². The molecule has 1 heterocycles. The molecule has 0 aliphatic carbocycles. The van der Waals surface area contributed by atoms with E-state index in [2.05, 4.69) is 15.9 Å². The number of rotatable bonds is 3. The maximum Gasteiger partial charge on any atom is 0.304 e. The molecular weight excluding hydrogens is 289 g/mol. The van der Waals surface area contributed by atoms with Crippen LogP contribution < -0.4 is 0 Å². The van der Waals surface area contributed by atoms with Gasteiger partial charge in [0.25, 0.3) is 0 Å². The first-order valence-electron chi connectivity index (χ1n) is 5.48. The molecule has 17 heavy (non-hydrogen) atoms. The van der Waals surface area contributed by atoms with Gasteiger partial charge in [-0.25, -0.2) is 4.39 Å². The Kier molecular flexibility index (Phi) is 3.79. The zero-order valence-corrected chi connectivity index (χ0v) is 10.8. The molecule has 0 radical (unpaired) electrons. The minimum Gasteiger partial charge on any atom is -0.481 e. The summed E-state index contributed by atoms with van der Waals surface area (Å²) in [5.74, 6) is -1.02. The Morgan fingerprint density at radius 1 is 1.47 bits per heavy atom. The van der Waals surface area contributed by atoms with Crippen LogP contribution in [0.4, 0.5) is 4.39 Å². The third-order valence-corrected chi connectivity index (χ3v) is 3.76. The van der Waals surface area contributed by atoms with E-state index in [0.29, 0.717) is 18.7 Å². The van der Waals surface area contributed by atoms with Crippen molar-refractivity contribution in [3.63, 3.8) is 0 Å². The molecule has 0 saturated carbocycles. The van der Waals surface area contributed by atoms with Crippen LogP contribution in [0.5, 0.6) is 0 Å². The molecule has 0 unspecified atom stereocenters. The van der Waals surface area contributed by atoms with Gasteiger partial charge in [-0.15, -0.1) is 0 Å². The van der Waals surface area contributed by atoms with Crippen molar-refractivity contribution in [3.8, 4) is 0 Å². The SMILES string of the molecule is O=C(O)CCN1CCc2c(Br)ccc(F)c2C1. The molecule has 0 amide bonds. The summed E-state index contributed by atoms with van der Waals surface area (Å²) < 4.78 is 14.6. The minimum atomic E-state index is -0.814. The lowest BCUT2D eigenvalue weighted by molar-refractivity contribution is -0.137. The lowest BCUT2D eigenvalue weighted by Gasteiger charge is -2.29. The number of fused-ring (bicyclic) bond motifs is 1. The molecule has 0 bridgehead atoms. The number of benzene rings is 1. The highest BCUT2D eigenvalue weighted by Crippen LogP contribution is 2.28. The molecule has 1 aliphatic heterocycles. The van der Waals surface area contributed by atoms with E-state index in [1.165, 1.54) is 6.07 Å². The van der Waals surface area contributed by atoms with E-state index in [9.17, 15) is 9.18 Å². The molecule has 0 aromatic heterocycles. The monoisotopic (exact) mass is 301 g/mol. The van der Waals surface area contributed by atoms with Gasteiger partial charge in [0.05, 0.1) is 6.42 Å². The summed E-state index contributed by atoms with van der Waals surface area (Å²) in [6, 6.07) is 3.17. The second-order valence-electron chi connectivity index (χ2n) is 4.16.